The zero-order valence-electron chi connectivity index (χ0n) is 11.0. The fourth-order valence-electron chi connectivity index (χ4n) is 2.45. The van der Waals surface area contributed by atoms with E-state index in [2.05, 4.69) is 13.8 Å². The molecule has 0 aromatic heterocycles. The average molecular weight is 226 g/mol. The van der Waals surface area contributed by atoms with E-state index in [4.69, 9.17) is 4.74 Å². The molecule has 2 atom stereocenters. The molecule has 0 amide bonds. The highest BCUT2D eigenvalue weighted by Gasteiger charge is 2.19. The van der Waals surface area contributed by atoms with Crippen molar-refractivity contribution in [3.8, 4) is 0 Å². The third-order valence-electron chi connectivity index (χ3n) is 3.39. The van der Waals surface area contributed by atoms with Crippen LogP contribution < -0.4 is 0 Å². The number of hydrogen-bond acceptors (Lipinski definition) is 2. The summed E-state index contributed by atoms with van der Waals surface area (Å²) in [7, 11) is 0. The Morgan fingerprint density at radius 3 is 2.81 bits per heavy atom. The molecule has 0 unspecified atom stereocenters. The summed E-state index contributed by atoms with van der Waals surface area (Å²) in [6, 6.07) is 0. The summed E-state index contributed by atoms with van der Waals surface area (Å²) in [6.45, 7) is 6.59. The lowest BCUT2D eigenvalue weighted by Crippen LogP contribution is -2.17. The van der Waals surface area contributed by atoms with Crippen LogP contribution in [0, 0.1) is 11.8 Å². The van der Waals surface area contributed by atoms with E-state index in [0.29, 0.717) is 6.42 Å². The molecular weight excluding hydrogens is 200 g/mol. The zero-order valence-corrected chi connectivity index (χ0v) is 11.0. The van der Waals surface area contributed by atoms with E-state index in [1.54, 1.807) is 0 Å². The topological polar surface area (TPSA) is 26.3 Å². The minimum Gasteiger partial charge on any atom is -0.463 e. The van der Waals surface area contributed by atoms with Gasteiger partial charge in [-0.05, 0) is 31.6 Å². The van der Waals surface area contributed by atoms with E-state index in [9.17, 15) is 4.79 Å². The van der Waals surface area contributed by atoms with Crippen molar-refractivity contribution in [2.45, 2.75) is 71.8 Å². The van der Waals surface area contributed by atoms with E-state index in [1.807, 2.05) is 6.92 Å². The fourth-order valence-corrected chi connectivity index (χ4v) is 2.45. The summed E-state index contributed by atoms with van der Waals surface area (Å²) in [6.07, 6.45) is 7.83. The zero-order chi connectivity index (χ0) is 12.0. The molecular formula is C14H26O2. The molecule has 0 N–H and O–H groups in total. The van der Waals surface area contributed by atoms with E-state index in [-0.39, 0.29) is 12.1 Å². The third kappa shape index (κ3) is 5.53. The Kier molecular flexibility index (Phi) is 5.86. The number of hydrogen-bond donors (Lipinski definition) is 0. The monoisotopic (exact) mass is 226 g/mol. The maximum Gasteiger partial charge on any atom is 0.306 e. The first-order chi connectivity index (χ1) is 7.58. The summed E-state index contributed by atoms with van der Waals surface area (Å²) in [5.41, 5.74) is 0. The molecule has 0 bridgehead atoms. The Balaban J connectivity index is 2.40. The van der Waals surface area contributed by atoms with E-state index in [0.717, 1.165) is 24.7 Å². The number of carbonyl (C=O) groups excluding carboxylic acids is 1. The summed E-state index contributed by atoms with van der Waals surface area (Å²) in [5, 5.41) is 0. The number of cyclic esters (lactones) is 1. The van der Waals surface area contributed by atoms with Crippen LogP contribution in [0.15, 0.2) is 0 Å². The molecule has 0 aliphatic carbocycles. The summed E-state index contributed by atoms with van der Waals surface area (Å²) >= 11 is 0. The van der Waals surface area contributed by atoms with Crippen LogP contribution in [0.5, 0.6) is 0 Å². The second-order valence-electron chi connectivity index (χ2n) is 5.62. The van der Waals surface area contributed by atoms with Crippen LogP contribution in [0.25, 0.3) is 0 Å². The molecule has 1 heterocycles. The van der Waals surface area contributed by atoms with Crippen LogP contribution in [-0.4, -0.2) is 12.1 Å². The van der Waals surface area contributed by atoms with Gasteiger partial charge in [-0.25, -0.2) is 0 Å². The van der Waals surface area contributed by atoms with E-state index < -0.39 is 0 Å². The Bertz CT molecular complexity index is 211. The van der Waals surface area contributed by atoms with Gasteiger partial charge < -0.3 is 4.74 Å². The fraction of sp³-hybridized carbons (Fsp3) is 0.929. The number of rotatable bonds is 3. The van der Waals surface area contributed by atoms with Crippen molar-refractivity contribution in [3.05, 3.63) is 0 Å². The maximum absolute atomic E-state index is 11.3. The normalized spacial score (nSPS) is 28.1. The summed E-state index contributed by atoms with van der Waals surface area (Å²) in [4.78, 5) is 11.3. The van der Waals surface area contributed by atoms with Crippen molar-refractivity contribution in [3.63, 3.8) is 0 Å². The van der Waals surface area contributed by atoms with Crippen LogP contribution >= 0.6 is 0 Å². The minimum absolute atomic E-state index is 0.00277. The van der Waals surface area contributed by atoms with Gasteiger partial charge in [-0.3, -0.25) is 4.79 Å². The number of carbonyl (C=O) groups is 1. The molecule has 1 fully saturated rings. The molecule has 2 nitrogen and oxygen atoms in total. The van der Waals surface area contributed by atoms with Gasteiger partial charge in [0.15, 0.2) is 0 Å². The van der Waals surface area contributed by atoms with Crippen LogP contribution in [-0.2, 0) is 9.53 Å². The Labute approximate surface area is 99.8 Å². The molecule has 94 valence electrons. The molecule has 1 aliphatic rings. The quantitative estimate of drug-likeness (QED) is 0.681. The van der Waals surface area contributed by atoms with Crippen molar-refractivity contribution in [2.75, 3.05) is 0 Å². The van der Waals surface area contributed by atoms with Gasteiger partial charge in [0, 0.05) is 6.42 Å². The standard InChI is InChI=1S/C14H26O2/c1-11(2)8-9-13-6-4-5-7-14(15)16-12(3)10-13/h11-13H,4-10H2,1-3H3/t12-,13+/m0/s1. The van der Waals surface area contributed by atoms with Crippen molar-refractivity contribution in [1.82, 2.24) is 0 Å². The van der Waals surface area contributed by atoms with Gasteiger partial charge in [0.2, 0.25) is 0 Å². The molecule has 0 radical (unpaired) electrons. The van der Waals surface area contributed by atoms with Gasteiger partial charge in [0.1, 0.15) is 0 Å². The average Bonchev–Trinajstić information content (AvgIpc) is 2.26. The maximum atomic E-state index is 11.3. The predicted octanol–water partition coefficient (Wildman–Crippen LogP) is 3.93. The molecule has 0 aromatic rings. The predicted molar refractivity (Wildman–Crippen MR) is 66.2 cm³/mol. The van der Waals surface area contributed by atoms with Crippen molar-refractivity contribution in [2.24, 2.45) is 11.8 Å². The molecule has 1 saturated heterocycles. The molecule has 0 saturated carbocycles. The Morgan fingerprint density at radius 1 is 1.38 bits per heavy atom. The highest BCUT2D eigenvalue weighted by Crippen LogP contribution is 2.25. The van der Waals surface area contributed by atoms with Gasteiger partial charge >= 0.3 is 5.97 Å². The molecule has 2 heteroatoms. The van der Waals surface area contributed by atoms with E-state index >= 15 is 0 Å². The highest BCUT2D eigenvalue weighted by molar-refractivity contribution is 5.69. The summed E-state index contributed by atoms with van der Waals surface area (Å²) < 4.78 is 5.37. The Hall–Kier alpha value is -0.530. The molecule has 1 rings (SSSR count). The largest absolute Gasteiger partial charge is 0.463 e. The van der Waals surface area contributed by atoms with Crippen LogP contribution in [0.2, 0.25) is 0 Å². The van der Waals surface area contributed by atoms with Gasteiger partial charge in [-0.2, -0.15) is 0 Å². The Morgan fingerprint density at radius 2 is 2.12 bits per heavy atom. The van der Waals surface area contributed by atoms with Gasteiger partial charge in [-0.1, -0.05) is 39.5 Å². The molecule has 0 spiro atoms. The summed E-state index contributed by atoms with van der Waals surface area (Å²) in [5.74, 6) is 1.53. The lowest BCUT2D eigenvalue weighted by atomic mass is 9.89. The van der Waals surface area contributed by atoms with Crippen molar-refractivity contribution in [1.29, 1.82) is 0 Å². The number of ether oxygens (including phenoxy) is 1. The van der Waals surface area contributed by atoms with Gasteiger partial charge in [0.05, 0.1) is 6.10 Å². The minimum atomic E-state index is -0.00277. The highest BCUT2D eigenvalue weighted by atomic mass is 16.5. The second-order valence-corrected chi connectivity index (χ2v) is 5.62. The van der Waals surface area contributed by atoms with Crippen LogP contribution in [0.1, 0.15) is 65.7 Å². The van der Waals surface area contributed by atoms with Crippen molar-refractivity contribution < 1.29 is 9.53 Å². The van der Waals surface area contributed by atoms with E-state index in [1.165, 1.54) is 25.7 Å². The van der Waals surface area contributed by atoms with Crippen molar-refractivity contribution >= 4 is 5.97 Å². The van der Waals surface area contributed by atoms with Crippen LogP contribution in [0.3, 0.4) is 0 Å². The second kappa shape index (κ2) is 6.93. The number of esters is 1. The first-order valence-corrected chi connectivity index (χ1v) is 6.77. The van der Waals surface area contributed by atoms with Gasteiger partial charge in [0.25, 0.3) is 0 Å². The first kappa shape index (κ1) is 13.5. The lowest BCUT2D eigenvalue weighted by molar-refractivity contribution is -0.148. The lowest BCUT2D eigenvalue weighted by Gasteiger charge is -2.20. The molecule has 1 aliphatic heterocycles. The molecule has 0 aromatic carbocycles. The SMILES string of the molecule is CC(C)CC[C@H]1CCCCC(=O)O[C@@H](C)C1. The van der Waals surface area contributed by atoms with Gasteiger partial charge in [-0.15, -0.1) is 0 Å². The van der Waals surface area contributed by atoms with Crippen LogP contribution in [0.4, 0.5) is 0 Å². The first-order valence-electron chi connectivity index (χ1n) is 6.77. The third-order valence-corrected chi connectivity index (χ3v) is 3.39. The smallest absolute Gasteiger partial charge is 0.306 e. The molecule has 16 heavy (non-hydrogen) atoms.